The fourth-order valence-corrected chi connectivity index (χ4v) is 4.21. The van der Waals surface area contributed by atoms with Gasteiger partial charge in [-0.25, -0.2) is 9.78 Å². The van der Waals surface area contributed by atoms with Crippen molar-refractivity contribution in [3.05, 3.63) is 48.8 Å². The average molecular weight is 663 g/mol. The first-order chi connectivity index (χ1) is 17.8. The molecule has 0 saturated heterocycles. The van der Waals surface area contributed by atoms with E-state index in [0.717, 1.165) is 14.2 Å². The van der Waals surface area contributed by atoms with Crippen molar-refractivity contribution in [1.29, 1.82) is 0 Å². The Balaban J connectivity index is 3.21. The van der Waals surface area contributed by atoms with E-state index in [1.807, 2.05) is 0 Å². The highest BCUT2D eigenvalue weighted by Gasteiger charge is 2.44. The van der Waals surface area contributed by atoms with Gasteiger partial charge >= 0.3 is 24.5 Å². The summed E-state index contributed by atoms with van der Waals surface area (Å²) < 4.78 is 132. The minimum atomic E-state index is -5.42. The normalized spacial score (nSPS) is 13.4. The van der Waals surface area contributed by atoms with Crippen LogP contribution in [-0.4, -0.2) is 36.0 Å². The number of anilines is 2. The number of carbonyl (C=O) groups excluding carboxylic acids is 1. The Kier molecular flexibility index (Phi) is 9.99. The second-order valence-corrected chi connectivity index (χ2v) is 8.89. The summed E-state index contributed by atoms with van der Waals surface area (Å²) in [5, 5.41) is -1.41. The molecule has 0 aliphatic rings. The number of rotatable bonds is 8. The maximum absolute atomic E-state index is 13.8. The molecule has 1 aromatic carbocycles. The summed E-state index contributed by atoms with van der Waals surface area (Å²) in [5.74, 6) is -2.65. The topological polar surface area (TPSA) is 73.7 Å². The summed E-state index contributed by atoms with van der Waals surface area (Å²) in [6.07, 6.45) is -18.1. The van der Waals surface area contributed by atoms with Crippen molar-refractivity contribution in [3.8, 4) is 0 Å². The molecule has 0 aliphatic heterocycles. The number of esters is 1. The Hall–Kier alpha value is -2.53. The van der Waals surface area contributed by atoms with Gasteiger partial charge in [0, 0.05) is 13.7 Å². The molecule has 0 fully saturated rings. The Morgan fingerprint density at radius 1 is 1.08 bits per heavy atom. The number of nitrogens with zero attached hydrogens (tertiary/aromatic N) is 3. The van der Waals surface area contributed by atoms with Crippen LogP contribution in [0, 0.1) is 0 Å². The van der Waals surface area contributed by atoms with Gasteiger partial charge in [-0.3, -0.25) is 14.3 Å². The number of aromatic nitrogens is 2. The van der Waals surface area contributed by atoms with Gasteiger partial charge in [0.1, 0.15) is 5.02 Å². The van der Waals surface area contributed by atoms with Gasteiger partial charge in [-0.15, -0.1) is 0 Å². The van der Waals surface area contributed by atoms with Gasteiger partial charge in [0.25, 0.3) is 5.56 Å². The van der Waals surface area contributed by atoms with Gasteiger partial charge in [-0.1, -0.05) is 24.9 Å². The van der Waals surface area contributed by atoms with Gasteiger partial charge in [0.2, 0.25) is 12.2 Å². The van der Waals surface area contributed by atoms with Gasteiger partial charge in [-0.2, -0.15) is 39.5 Å². The largest absolute Gasteiger partial charge is 0.466 e. The third-order valence-corrected chi connectivity index (χ3v) is 6.29. The minimum absolute atomic E-state index is 0.0809. The lowest BCUT2D eigenvalue weighted by Gasteiger charge is -2.33. The molecular weight excluding hydrogens is 645 g/mol. The SMILES string of the molecule is CCCCn1c(N(c2cc(C(F)(F)F)cc(C(F)(F)F)c2Br)C(OC)C(=O)OC)nc(C(F)(F)F)c(Cl)c1=O. The zero-order valence-electron chi connectivity index (χ0n) is 20.0. The molecule has 0 spiro atoms. The lowest BCUT2D eigenvalue weighted by Crippen LogP contribution is -2.44. The van der Waals surface area contributed by atoms with Crippen LogP contribution in [-0.2, 0) is 39.3 Å². The zero-order valence-corrected chi connectivity index (χ0v) is 22.3. The molecule has 0 amide bonds. The average Bonchev–Trinajstić information content (AvgIpc) is 2.81. The smallest absolute Gasteiger partial charge is 0.435 e. The Labute approximate surface area is 227 Å². The molecule has 7 nitrogen and oxygen atoms in total. The molecule has 0 radical (unpaired) electrons. The Morgan fingerprint density at radius 2 is 1.67 bits per heavy atom. The van der Waals surface area contributed by atoms with E-state index in [9.17, 15) is 49.1 Å². The lowest BCUT2D eigenvalue weighted by molar-refractivity contribution is -0.151. The van der Waals surface area contributed by atoms with Crippen molar-refractivity contribution in [2.75, 3.05) is 19.1 Å². The molecular formula is C21H18BrClF9N3O4. The third-order valence-electron chi connectivity index (χ3n) is 5.12. The maximum atomic E-state index is 13.8. The molecule has 39 heavy (non-hydrogen) atoms. The molecule has 218 valence electrons. The van der Waals surface area contributed by atoms with Crippen molar-refractivity contribution in [2.24, 2.45) is 0 Å². The highest BCUT2D eigenvalue weighted by atomic mass is 79.9. The highest BCUT2D eigenvalue weighted by Crippen LogP contribution is 2.46. The molecule has 0 aliphatic carbocycles. The lowest BCUT2D eigenvalue weighted by atomic mass is 10.1. The predicted molar refractivity (Wildman–Crippen MR) is 123 cm³/mol. The molecule has 0 N–H and O–H groups in total. The molecule has 1 unspecified atom stereocenters. The number of unbranched alkanes of at least 4 members (excludes halogenated alkanes) is 1. The van der Waals surface area contributed by atoms with Gasteiger partial charge < -0.3 is 9.47 Å². The van der Waals surface area contributed by atoms with Crippen LogP contribution in [0.2, 0.25) is 5.02 Å². The Morgan fingerprint density at radius 3 is 2.10 bits per heavy atom. The van der Waals surface area contributed by atoms with E-state index in [1.54, 1.807) is 6.92 Å². The van der Waals surface area contributed by atoms with E-state index >= 15 is 0 Å². The van der Waals surface area contributed by atoms with Crippen LogP contribution in [0.3, 0.4) is 0 Å². The van der Waals surface area contributed by atoms with E-state index in [1.165, 1.54) is 0 Å². The van der Waals surface area contributed by atoms with E-state index in [0.29, 0.717) is 11.0 Å². The van der Waals surface area contributed by atoms with E-state index in [2.05, 4.69) is 25.7 Å². The van der Waals surface area contributed by atoms with Crippen molar-refractivity contribution in [1.82, 2.24) is 9.55 Å². The summed E-state index contributed by atoms with van der Waals surface area (Å²) >= 11 is 8.18. The predicted octanol–water partition coefficient (Wildman–Crippen LogP) is 6.80. The van der Waals surface area contributed by atoms with Gasteiger partial charge in [0.15, 0.2) is 5.69 Å². The van der Waals surface area contributed by atoms with Gasteiger partial charge in [0.05, 0.1) is 28.4 Å². The van der Waals surface area contributed by atoms with E-state index in [4.69, 9.17) is 16.3 Å². The first-order valence-electron chi connectivity index (χ1n) is 10.6. The summed E-state index contributed by atoms with van der Waals surface area (Å²) in [6, 6.07) is -0.126. The highest BCUT2D eigenvalue weighted by molar-refractivity contribution is 9.10. The first-order valence-corrected chi connectivity index (χ1v) is 11.7. The fourth-order valence-electron chi connectivity index (χ4n) is 3.31. The van der Waals surface area contributed by atoms with Crippen LogP contribution in [0.4, 0.5) is 51.1 Å². The molecule has 2 aromatic rings. The summed E-state index contributed by atoms with van der Waals surface area (Å²) in [5.41, 5.74) is -8.47. The van der Waals surface area contributed by atoms with Crippen LogP contribution >= 0.6 is 27.5 Å². The second kappa shape index (κ2) is 11.9. The number of carbonyl (C=O) groups is 1. The number of hydrogen-bond donors (Lipinski definition) is 0. The standard InChI is InChI=1S/C21H18BrClF9N3O4/c1-4-5-6-34-15(36)13(23)14(21(30,31)32)33-18(34)35(16(38-2)17(37)39-3)11-8-9(19(24,25)26)7-10(12(11)22)20(27,28)29/h7-8,16H,4-6H2,1-3H3. The van der Waals surface area contributed by atoms with Crippen LogP contribution in [0.25, 0.3) is 0 Å². The Bertz CT molecular complexity index is 1280. The monoisotopic (exact) mass is 661 g/mol. The van der Waals surface area contributed by atoms with Crippen LogP contribution < -0.4 is 10.5 Å². The van der Waals surface area contributed by atoms with Crippen LogP contribution in [0.15, 0.2) is 21.4 Å². The molecule has 0 saturated carbocycles. The maximum Gasteiger partial charge on any atom is 0.435 e. The van der Waals surface area contributed by atoms with Crippen molar-refractivity contribution in [2.45, 2.75) is 51.1 Å². The molecule has 2 rings (SSSR count). The molecule has 1 heterocycles. The number of alkyl halides is 9. The second-order valence-electron chi connectivity index (χ2n) is 7.72. The zero-order chi connectivity index (χ0) is 30.1. The summed E-state index contributed by atoms with van der Waals surface area (Å²) in [7, 11) is 1.55. The minimum Gasteiger partial charge on any atom is -0.466 e. The van der Waals surface area contributed by atoms with Crippen LogP contribution in [0.1, 0.15) is 36.6 Å². The molecule has 0 bridgehead atoms. The molecule has 1 atom stereocenters. The van der Waals surface area contributed by atoms with Crippen molar-refractivity contribution < 1.29 is 53.8 Å². The van der Waals surface area contributed by atoms with E-state index < -0.39 is 80.8 Å². The number of halogens is 11. The number of methoxy groups -OCH3 is 2. The number of ether oxygens (including phenoxy) is 2. The fraction of sp³-hybridized carbons (Fsp3) is 0.476. The van der Waals surface area contributed by atoms with Crippen LogP contribution in [0.5, 0.6) is 0 Å². The number of hydrogen-bond acceptors (Lipinski definition) is 6. The third kappa shape index (κ3) is 6.98. The van der Waals surface area contributed by atoms with E-state index in [-0.39, 0.29) is 23.5 Å². The molecule has 1 aromatic heterocycles. The summed E-state index contributed by atoms with van der Waals surface area (Å²) in [4.78, 5) is 28.9. The van der Waals surface area contributed by atoms with Crippen molar-refractivity contribution >= 4 is 45.1 Å². The quantitative estimate of drug-likeness (QED) is 0.176. The summed E-state index contributed by atoms with van der Waals surface area (Å²) in [6.45, 7) is 1.18. The number of benzene rings is 1. The first kappa shape index (κ1) is 32.7. The van der Waals surface area contributed by atoms with Gasteiger partial charge in [-0.05, 0) is 34.5 Å². The molecule has 18 heteroatoms. The van der Waals surface area contributed by atoms with Crippen molar-refractivity contribution in [3.63, 3.8) is 0 Å².